The molecule has 0 radical (unpaired) electrons. The highest BCUT2D eigenvalue weighted by Gasteiger charge is 2.37. The third-order valence-corrected chi connectivity index (χ3v) is 11.3. The van der Waals surface area contributed by atoms with E-state index in [2.05, 4.69) is 37.2 Å². The molecule has 1 aromatic carbocycles. The van der Waals surface area contributed by atoms with E-state index in [1.165, 1.54) is 0 Å². The quantitative estimate of drug-likeness (QED) is 0.0343. The maximum atomic E-state index is 14.2. The SMILES string of the molecule is CC(=O)O.CC[C@H](C)[C@H](NC(=O)[C@@H](NC(=O)[C@@H](N)CO)[C@@H](C)CC)C(=O)N[C@@H](CC(N)=O)C(=O)N[C@@H](Cc1ccccc1)C(=O)N[C@@H](CCC(=O)O)C(=O)N[C@@H](CCCCN)C(=O)N[C@@H](CC(C)C)C(=O)O. The number of hydrogen-bond acceptors (Lipinski definition) is 14. The van der Waals surface area contributed by atoms with Crippen LogP contribution in [0.5, 0.6) is 0 Å². The molecule has 0 spiro atoms. The fourth-order valence-electron chi connectivity index (χ4n) is 6.80. The van der Waals surface area contributed by atoms with Gasteiger partial charge in [-0.15, -0.1) is 0 Å². The Kier molecular flexibility index (Phi) is 31.3. The number of amides is 8. The number of aliphatic hydroxyl groups excluding tert-OH is 1. The van der Waals surface area contributed by atoms with E-state index >= 15 is 0 Å². The smallest absolute Gasteiger partial charge is 0.326 e. The van der Waals surface area contributed by atoms with E-state index in [1.54, 1.807) is 71.9 Å². The second-order valence-corrected chi connectivity index (χ2v) is 17.9. The van der Waals surface area contributed by atoms with Crippen LogP contribution < -0.4 is 54.4 Å². The predicted octanol–water partition coefficient (Wildman–Crippen LogP) is -1.87. The summed E-state index contributed by atoms with van der Waals surface area (Å²) in [5.41, 5.74) is 17.3. The molecular formula is C47H78N10O15. The molecule has 0 aliphatic heterocycles. The first-order valence-corrected chi connectivity index (χ1v) is 23.9. The van der Waals surface area contributed by atoms with Gasteiger partial charge in [0.1, 0.15) is 48.3 Å². The molecule has 406 valence electrons. The zero-order chi connectivity index (χ0) is 55.2. The minimum atomic E-state index is -1.73. The van der Waals surface area contributed by atoms with Crippen molar-refractivity contribution < 1.29 is 73.2 Å². The second-order valence-electron chi connectivity index (χ2n) is 17.9. The number of rotatable bonds is 33. The first-order valence-electron chi connectivity index (χ1n) is 23.9. The molecule has 25 heteroatoms. The summed E-state index contributed by atoms with van der Waals surface area (Å²) in [5.74, 6) is -12.1. The summed E-state index contributed by atoms with van der Waals surface area (Å²) in [6, 6.07) is -3.11. The van der Waals surface area contributed by atoms with Crippen LogP contribution in [0.25, 0.3) is 0 Å². The lowest BCUT2D eigenvalue weighted by molar-refractivity contribution is -0.143. The molecule has 0 saturated carbocycles. The minimum Gasteiger partial charge on any atom is -0.481 e. The molecule has 0 saturated heterocycles. The number of nitrogens with two attached hydrogens (primary N) is 3. The van der Waals surface area contributed by atoms with Gasteiger partial charge in [0.05, 0.1) is 13.0 Å². The molecule has 0 fully saturated rings. The van der Waals surface area contributed by atoms with E-state index in [4.69, 9.17) is 27.1 Å². The number of nitrogens with one attached hydrogen (secondary N) is 7. The molecule has 0 unspecified atom stereocenters. The molecule has 25 nitrogen and oxygen atoms in total. The van der Waals surface area contributed by atoms with Crippen LogP contribution in [0.4, 0.5) is 0 Å². The molecule has 8 amide bonds. The number of aliphatic carboxylic acids is 3. The summed E-state index contributed by atoms with van der Waals surface area (Å²) < 4.78 is 0. The summed E-state index contributed by atoms with van der Waals surface area (Å²) >= 11 is 0. The molecule has 10 atom stereocenters. The molecule has 72 heavy (non-hydrogen) atoms. The molecule has 0 aromatic heterocycles. The van der Waals surface area contributed by atoms with E-state index in [-0.39, 0.29) is 31.7 Å². The number of carbonyl (C=O) groups excluding carboxylic acids is 8. The monoisotopic (exact) mass is 1020 g/mol. The number of carboxylic acid groups (broad SMARTS) is 3. The number of unbranched alkanes of at least 4 members (excludes halogenated alkanes) is 1. The summed E-state index contributed by atoms with van der Waals surface area (Å²) in [6.45, 7) is 11.0. The lowest BCUT2D eigenvalue weighted by Gasteiger charge is -2.30. The van der Waals surface area contributed by atoms with E-state index in [9.17, 15) is 63.3 Å². The topological polar surface area (TPSA) is 431 Å². The van der Waals surface area contributed by atoms with Crippen LogP contribution in [-0.4, -0.2) is 147 Å². The zero-order valence-corrected chi connectivity index (χ0v) is 42.2. The lowest BCUT2D eigenvalue weighted by atomic mass is 9.94. The molecule has 1 aromatic rings. The summed E-state index contributed by atoms with van der Waals surface area (Å²) in [6.07, 6.45) is -0.510. The Hall–Kier alpha value is -6.73. The standard InChI is InChI=1S/C45H74N10O13.C2H4O2/c1-7-25(5)36(55-44(66)37(26(6)8-2)54-38(60)28(47)23-56)43(65)52-32(22-34(48)57)42(64)51-31(21-27-14-10-9-11-15-27)41(63)50-30(17-18-35(58)59)40(62)49-29(16-12-13-19-46)39(61)53-33(45(67)68)20-24(3)4;1-2(3)4/h9-11,14-15,24-26,28-33,36-37,56H,7-8,12-13,16-23,46-47H2,1-6H3,(H2,48,57)(H,49,62)(H,50,63)(H,51,64)(H,52,65)(H,53,61)(H,54,60)(H,55,66)(H,58,59)(H,67,68);1H3,(H,3,4)/t25-,26-,28-,29-,30-,31-,32-,33-,36-,37-;/m0./s1. The van der Waals surface area contributed by atoms with Gasteiger partial charge in [0.25, 0.3) is 5.97 Å². The third-order valence-electron chi connectivity index (χ3n) is 11.3. The molecule has 0 bridgehead atoms. The Bertz CT molecular complexity index is 1950. The second kappa shape index (κ2) is 34.6. The van der Waals surface area contributed by atoms with Gasteiger partial charge in [0, 0.05) is 19.8 Å². The fourth-order valence-corrected chi connectivity index (χ4v) is 6.80. The van der Waals surface area contributed by atoms with Gasteiger partial charge in [0.2, 0.25) is 47.3 Å². The highest BCUT2D eigenvalue weighted by molar-refractivity contribution is 5.99. The van der Waals surface area contributed by atoms with Crippen molar-refractivity contribution in [2.45, 2.75) is 161 Å². The average Bonchev–Trinajstić information content (AvgIpc) is 3.31. The van der Waals surface area contributed by atoms with Crippen molar-refractivity contribution in [2.75, 3.05) is 13.2 Å². The van der Waals surface area contributed by atoms with Crippen molar-refractivity contribution in [1.29, 1.82) is 0 Å². The normalized spacial score (nSPS) is 15.0. The summed E-state index contributed by atoms with van der Waals surface area (Å²) in [5, 5.41) is 53.6. The number of aliphatic hydroxyl groups is 1. The highest BCUT2D eigenvalue weighted by atomic mass is 16.4. The third kappa shape index (κ3) is 25.9. The van der Waals surface area contributed by atoms with Gasteiger partial charge in [-0.1, -0.05) is 84.7 Å². The number of primary amides is 1. The van der Waals surface area contributed by atoms with Gasteiger partial charge in [0.15, 0.2) is 0 Å². The zero-order valence-electron chi connectivity index (χ0n) is 42.2. The van der Waals surface area contributed by atoms with Crippen LogP contribution in [0.15, 0.2) is 30.3 Å². The van der Waals surface area contributed by atoms with E-state index in [0.29, 0.717) is 31.2 Å². The Morgan fingerprint density at radius 3 is 1.46 bits per heavy atom. The summed E-state index contributed by atoms with van der Waals surface area (Å²) in [4.78, 5) is 141. The van der Waals surface area contributed by atoms with Crippen LogP contribution in [0.3, 0.4) is 0 Å². The Balaban J connectivity index is 0.0000121. The lowest BCUT2D eigenvalue weighted by Crippen LogP contribution is -2.62. The highest BCUT2D eigenvalue weighted by Crippen LogP contribution is 2.15. The molecule has 1 rings (SSSR count). The van der Waals surface area contributed by atoms with Crippen LogP contribution in [0, 0.1) is 17.8 Å². The van der Waals surface area contributed by atoms with Gasteiger partial charge in [-0.05, 0) is 62.0 Å². The first-order chi connectivity index (χ1) is 33.7. The van der Waals surface area contributed by atoms with Crippen molar-refractivity contribution >= 4 is 65.2 Å². The molecular weight excluding hydrogens is 945 g/mol. The van der Waals surface area contributed by atoms with Crippen molar-refractivity contribution in [3.63, 3.8) is 0 Å². The predicted molar refractivity (Wildman–Crippen MR) is 262 cm³/mol. The maximum Gasteiger partial charge on any atom is 0.326 e. The van der Waals surface area contributed by atoms with E-state index in [1.807, 2.05) is 0 Å². The number of carboxylic acids is 3. The molecule has 17 N–H and O–H groups in total. The van der Waals surface area contributed by atoms with Gasteiger partial charge in [-0.25, -0.2) is 4.79 Å². The van der Waals surface area contributed by atoms with E-state index in [0.717, 1.165) is 6.92 Å². The molecule has 0 heterocycles. The van der Waals surface area contributed by atoms with Crippen LogP contribution in [-0.2, 0) is 59.2 Å². The van der Waals surface area contributed by atoms with Crippen molar-refractivity contribution in [3.8, 4) is 0 Å². The average molecular weight is 1020 g/mol. The van der Waals surface area contributed by atoms with E-state index < -0.39 is 151 Å². The fraction of sp³-hybridized carbons (Fsp3) is 0.638. The van der Waals surface area contributed by atoms with Gasteiger partial charge in [-0.2, -0.15) is 0 Å². The number of carbonyl (C=O) groups is 11. The number of hydrogen-bond donors (Lipinski definition) is 14. The van der Waals surface area contributed by atoms with Crippen LogP contribution >= 0.6 is 0 Å². The van der Waals surface area contributed by atoms with Crippen molar-refractivity contribution in [3.05, 3.63) is 35.9 Å². The van der Waals surface area contributed by atoms with Crippen molar-refractivity contribution in [2.24, 2.45) is 35.0 Å². The van der Waals surface area contributed by atoms with Gasteiger partial charge >= 0.3 is 11.9 Å². The Morgan fingerprint density at radius 2 is 1.01 bits per heavy atom. The van der Waals surface area contributed by atoms with Gasteiger partial charge < -0.3 is 74.8 Å². The van der Waals surface area contributed by atoms with Crippen LogP contribution in [0.2, 0.25) is 0 Å². The van der Waals surface area contributed by atoms with Crippen LogP contribution in [0.1, 0.15) is 112 Å². The molecule has 0 aliphatic rings. The number of benzene rings is 1. The Morgan fingerprint density at radius 1 is 0.583 bits per heavy atom. The maximum absolute atomic E-state index is 14.2. The van der Waals surface area contributed by atoms with Crippen molar-refractivity contribution in [1.82, 2.24) is 37.2 Å². The Labute approximate surface area is 419 Å². The van der Waals surface area contributed by atoms with Gasteiger partial charge in [-0.3, -0.25) is 47.9 Å². The first kappa shape index (κ1) is 65.3. The molecule has 0 aliphatic carbocycles. The summed E-state index contributed by atoms with van der Waals surface area (Å²) in [7, 11) is 0. The minimum absolute atomic E-state index is 0.0119. The largest absolute Gasteiger partial charge is 0.481 e.